The minimum atomic E-state index is -0.00700. The molecule has 1 aliphatic heterocycles. The summed E-state index contributed by atoms with van der Waals surface area (Å²) in [6.07, 6.45) is 5.84. The normalized spacial score (nSPS) is 15.4. The Labute approximate surface area is 144 Å². The van der Waals surface area contributed by atoms with Gasteiger partial charge in [0.25, 0.3) is 11.8 Å². The SMILES string of the molecule is O=C(c1cc[nH]c1)N1CCCN(C(=O)c2ccc3nc[nH]c3c2)CC1. The van der Waals surface area contributed by atoms with E-state index in [2.05, 4.69) is 15.0 Å². The highest BCUT2D eigenvalue weighted by atomic mass is 16.2. The van der Waals surface area contributed by atoms with Gasteiger partial charge < -0.3 is 19.8 Å². The fraction of sp³-hybridized carbons (Fsp3) is 0.278. The Kier molecular flexibility index (Phi) is 3.97. The molecule has 7 nitrogen and oxygen atoms in total. The summed E-state index contributed by atoms with van der Waals surface area (Å²) in [6, 6.07) is 7.26. The van der Waals surface area contributed by atoms with Crippen LogP contribution in [0.15, 0.2) is 43.0 Å². The number of fused-ring (bicyclic) bond motifs is 1. The zero-order chi connectivity index (χ0) is 17.2. The number of aromatic amines is 2. The van der Waals surface area contributed by atoms with Crippen molar-refractivity contribution in [1.82, 2.24) is 24.8 Å². The molecule has 0 spiro atoms. The van der Waals surface area contributed by atoms with Gasteiger partial charge >= 0.3 is 0 Å². The molecule has 1 aromatic carbocycles. The lowest BCUT2D eigenvalue weighted by atomic mass is 10.1. The first-order chi connectivity index (χ1) is 12.2. The van der Waals surface area contributed by atoms with Crippen molar-refractivity contribution in [2.24, 2.45) is 0 Å². The van der Waals surface area contributed by atoms with Gasteiger partial charge in [-0.05, 0) is 30.7 Å². The van der Waals surface area contributed by atoms with E-state index in [1.807, 2.05) is 21.9 Å². The molecular weight excluding hydrogens is 318 g/mol. The Bertz CT molecular complexity index is 899. The molecule has 2 aromatic heterocycles. The molecule has 1 fully saturated rings. The van der Waals surface area contributed by atoms with E-state index >= 15 is 0 Å². The van der Waals surface area contributed by atoms with Crippen molar-refractivity contribution in [3.05, 3.63) is 54.1 Å². The third-order valence-corrected chi connectivity index (χ3v) is 4.58. The number of H-pyrrole nitrogens is 2. The molecule has 128 valence electrons. The Balaban J connectivity index is 1.46. The van der Waals surface area contributed by atoms with Gasteiger partial charge in [-0.25, -0.2) is 4.98 Å². The highest BCUT2D eigenvalue weighted by Crippen LogP contribution is 2.15. The molecule has 1 aliphatic rings. The van der Waals surface area contributed by atoms with Gasteiger partial charge in [0.1, 0.15) is 0 Å². The Morgan fingerprint density at radius 3 is 2.44 bits per heavy atom. The first-order valence-corrected chi connectivity index (χ1v) is 8.37. The standard InChI is InChI=1S/C18H19N5O2/c24-17(13-2-3-15-16(10-13)21-12-20-15)22-6-1-7-23(9-8-22)18(25)14-4-5-19-11-14/h2-5,10-12,19H,1,6-9H2,(H,20,21). The quantitative estimate of drug-likeness (QED) is 0.749. The van der Waals surface area contributed by atoms with E-state index < -0.39 is 0 Å². The second kappa shape index (κ2) is 6.43. The van der Waals surface area contributed by atoms with Gasteiger partial charge in [-0.2, -0.15) is 0 Å². The van der Waals surface area contributed by atoms with Gasteiger partial charge in [-0.15, -0.1) is 0 Å². The van der Waals surface area contributed by atoms with E-state index in [4.69, 9.17) is 0 Å². The molecule has 0 aliphatic carbocycles. The van der Waals surface area contributed by atoms with Crippen LogP contribution in [0.25, 0.3) is 11.0 Å². The Morgan fingerprint density at radius 1 is 0.960 bits per heavy atom. The van der Waals surface area contributed by atoms with Gasteiger partial charge in [0.2, 0.25) is 0 Å². The van der Waals surface area contributed by atoms with E-state index in [0.29, 0.717) is 37.3 Å². The molecule has 0 saturated carbocycles. The third-order valence-electron chi connectivity index (χ3n) is 4.58. The number of nitrogens with one attached hydrogen (secondary N) is 2. The minimum Gasteiger partial charge on any atom is -0.367 e. The maximum absolute atomic E-state index is 12.8. The summed E-state index contributed by atoms with van der Waals surface area (Å²) in [5, 5.41) is 0. The third kappa shape index (κ3) is 3.00. The summed E-state index contributed by atoms with van der Waals surface area (Å²) >= 11 is 0. The Hall–Kier alpha value is -3.09. The number of nitrogens with zero attached hydrogens (tertiary/aromatic N) is 3. The lowest BCUT2D eigenvalue weighted by Gasteiger charge is -2.22. The number of rotatable bonds is 2. The number of hydrogen-bond acceptors (Lipinski definition) is 3. The molecule has 3 aromatic rings. The van der Waals surface area contributed by atoms with Crippen LogP contribution in [-0.4, -0.2) is 62.7 Å². The first kappa shape index (κ1) is 15.4. The topological polar surface area (TPSA) is 85.1 Å². The van der Waals surface area contributed by atoms with Crippen molar-refractivity contribution in [3.8, 4) is 0 Å². The average Bonchev–Trinajstić information content (AvgIpc) is 3.27. The van der Waals surface area contributed by atoms with E-state index in [9.17, 15) is 9.59 Å². The molecule has 25 heavy (non-hydrogen) atoms. The molecular formula is C18H19N5O2. The van der Waals surface area contributed by atoms with Crippen molar-refractivity contribution in [2.45, 2.75) is 6.42 Å². The van der Waals surface area contributed by atoms with E-state index in [1.165, 1.54) is 0 Å². The fourth-order valence-corrected chi connectivity index (χ4v) is 3.21. The summed E-state index contributed by atoms with van der Waals surface area (Å²) in [5.74, 6) is 0.00173. The zero-order valence-electron chi connectivity index (χ0n) is 13.7. The van der Waals surface area contributed by atoms with Gasteiger partial charge in [-0.3, -0.25) is 9.59 Å². The summed E-state index contributed by atoms with van der Waals surface area (Å²) in [6.45, 7) is 2.39. The fourth-order valence-electron chi connectivity index (χ4n) is 3.21. The van der Waals surface area contributed by atoms with Crippen LogP contribution in [0.5, 0.6) is 0 Å². The van der Waals surface area contributed by atoms with Crippen LogP contribution >= 0.6 is 0 Å². The largest absolute Gasteiger partial charge is 0.367 e. The number of aromatic nitrogens is 3. The molecule has 0 radical (unpaired) electrons. The molecule has 3 heterocycles. The molecule has 2 N–H and O–H groups in total. The second-order valence-electron chi connectivity index (χ2n) is 6.17. The molecule has 1 saturated heterocycles. The first-order valence-electron chi connectivity index (χ1n) is 8.37. The molecule has 0 unspecified atom stereocenters. The van der Waals surface area contributed by atoms with Crippen LogP contribution in [0.3, 0.4) is 0 Å². The molecule has 0 atom stereocenters. The predicted molar refractivity (Wildman–Crippen MR) is 93.3 cm³/mol. The van der Waals surface area contributed by atoms with Crippen molar-refractivity contribution < 1.29 is 9.59 Å². The second-order valence-corrected chi connectivity index (χ2v) is 6.17. The molecule has 7 heteroatoms. The smallest absolute Gasteiger partial charge is 0.255 e. The summed E-state index contributed by atoms with van der Waals surface area (Å²) < 4.78 is 0. The number of carbonyl (C=O) groups excluding carboxylic acids is 2. The van der Waals surface area contributed by atoms with Crippen molar-refractivity contribution in [2.75, 3.05) is 26.2 Å². The van der Waals surface area contributed by atoms with Crippen molar-refractivity contribution >= 4 is 22.8 Å². The van der Waals surface area contributed by atoms with Gasteiger partial charge in [0, 0.05) is 44.1 Å². The zero-order valence-corrected chi connectivity index (χ0v) is 13.7. The van der Waals surface area contributed by atoms with Crippen LogP contribution in [0.4, 0.5) is 0 Å². The lowest BCUT2D eigenvalue weighted by Crippen LogP contribution is -2.37. The average molecular weight is 337 g/mol. The number of hydrogen-bond donors (Lipinski definition) is 2. The molecule has 2 amide bonds. The van der Waals surface area contributed by atoms with Crippen molar-refractivity contribution in [1.29, 1.82) is 0 Å². The monoisotopic (exact) mass is 337 g/mol. The van der Waals surface area contributed by atoms with E-state index in [0.717, 1.165) is 17.5 Å². The maximum atomic E-state index is 12.8. The van der Waals surface area contributed by atoms with Gasteiger partial charge in [0.15, 0.2) is 0 Å². The van der Waals surface area contributed by atoms with Crippen LogP contribution < -0.4 is 0 Å². The van der Waals surface area contributed by atoms with Gasteiger partial charge in [-0.1, -0.05) is 0 Å². The number of imidazole rings is 1. The number of amides is 2. The number of carbonyl (C=O) groups is 2. The predicted octanol–water partition coefficient (Wildman–Crippen LogP) is 1.88. The summed E-state index contributed by atoms with van der Waals surface area (Å²) in [5.41, 5.74) is 2.99. The van der Waals surface area contributed by atoms with Crippen LogP contribution in [-0.2, 0) is 0 Å². The molecule has 0 bridgehead atoms. The summed E-state index contributed by atoms with van der Waals surface area (Å²) in [4.78, 5) is 39.0. The maximum Gasteiger partial charge on any atom is 0.255 e. The van der Waals surface area contributed by atoms with Crippen LogP contribution in [0.1, 0.15) is 27.1 Å². The summed E-state index contributed by atoms with van der Waals surface area (Å²) in [7, 11) is 0. The van der Waals surface area contributed by atoms with Crippen LogP contribution in [0, 0.1) is 0 Å². The van der Waals surface area contributed by atoms with Gasteiger partial charge in [0.05, 0.1) is 22.9 Å². The molecule has 4 rings (SSSR count). The highest BCUT2D eigenvalue weighted by molar-refractivity contribution is 5.97. The Morgan fingerprint density at radius 2 is 1.72 bits per heavy atom. The lowest BCUT2D eigenvalue weighted by molar-refractivity contribution is 0.0719. The minimum absolute atomic E-state index is 0.00700. The van der Waals surface area contributed by atoms with Crippen molar-refractivity contribution in [3.63, 3.8) is 0 Å². The number of benzene rings is 1. The van der Waals surface area contributed by atoms with Crippen LogP contribution in [0.2, 0.25) is 0 Å². The van der Waals surface area contributed by atoms with E-state index in [1.54, 1.807) is 30.9 Å². The van der Waals surface area contributed by atoms with E-state index in [-0.39, 0.29) is 11.8 Å². The highest BCUT2D eigenvalue weighted by Gasteiger charge is 2.23.